The predicted octanol–water partition coefficient (Wildman–Crippen LogP) is 0.786. The van der Waals surface area contributed by atoms with Crippen molar-refractivity contribution in [2.45, 2.75) is 12.5 Å². The van der Waals surface area contributed by atoms with Gasteiger partial charge in [0.1, 0.15) is 0 Å². The third kappa shape index (κ3) is 2.13. The van der Waals surface area contributed by atoms with E-state index in [9.17, 15) is 4.79 Å². The zero-order valence-corrected chi connectivity index (χ0v) is 9.61. The van der Waals surface area contributed by atoms with Gasteiger partial charge in [0.2, 0.25) is 5.91 Å². The first-order chi connectivity index (χ1) is 8.33. The molecule has 4 nitrogen and oxygen atoms in total. The van der Waals surface area contributed by atoms with Crippen molar-refractivity contribution in [3.05, 3.63) is 29.8 Å². The minimum Gasteiger partial charge on any atom is -0.384 e. The van der Waals surface area contributed by atoms with Crippen molar-refractivity contribution in [1.29, 1.82) is 0 Å². The monoisotopic (exact) mass is 232 g/mol. The molecule has 2 aliphatic heterocycles. The van der Waals surface area contributed by atoms with Crippen LogP contribution in [0.25, 0.3) is 0 Å². The van der Waals surface area contributed by atoms with Crippen LogP contribution in [0.15, 0.2) is 24.3 Å². The molecular formula is C13H16N2O2. The van der Waals surface area contributed by atoms with Gasteiger partial charge in [0, 0.05) is 12.2 Å². The van der Waals surface area contributed by atoms with Crippen LogP contribution < -0.4 is 10.6 Å². The highest BCUT2D eigenvalue weighted by Crippen LogP contribution is 2.24. The molecule has 3 rings (SSSR count). The summed E-state index contributed by atoms with van der Waals surface area (Å²) in [5.74, 6) is 0.172. The molecule has 1 fully saturated rings. The second-order valence-electron chi connectivity index (χ2n) is 4.68. The number of nitrogens with one attached hydrogen (secondary N) is 2. The van der Waals surface area contributed by atoms with Crippen molar-refractivity contribution in [3.8, 4) is 0 Å². The standard InChI is InChI=1S/C13H16N2O2/c16-13(15-11-7-17-8-11)10-5-9-3-1-2-4-12(9)14-6-10/h1-4,10-11,14H,5-8H2,(H,15,16). The summed E-state index contributed by atoms with van der Waals surface area (Å²) in [4.78, 5) is 12.0. The van der Waals surface area contributed by atoms with Gasteiger partial charge in [-0.05, 0) is 18.1 Å². The predicted molar refractivity (Wildman–Crippen MR) is 64.9 cm³/mol. The van der Waals surface area contributed by atoms with E-state index in [4.69, 9.17) is 4.74 Å². The van der Waals surface area contributed by atoms with E-state index in [1.807, 2.05) is 12.1 Å². The molecule has 90 valence electrons. The molecule has 0 bridgehead atoms. The van der Waals surface area contributed by atoms with Crippen molar-refractivity contribution in [1.82, 2.24) is 5.32 Å². The molecule has 1 saturated heterocycles. The van der Waals surface area contributed by atoms with Gasteiger partial charge in [-0.2, -0.15) is 0 Å². The maximum absolute atomic E-state index is 12.0. The average Bonchev–Trinajstić information content (AvgIpc) is 2.33. The molecule has 1 unspecified atom stereocenters. The van der Waals surface area contributed by atoms with Crippen LogP contribution in [0.4, 0.5) is 5.69 Å². The first kappa shape index (κ1) is 10.6. The minimum absolute atomic E-state index is 0.0329. The Morgan fingerprint density at radius 3 is 2.94 bits per heavy atom. The van der Waals surface area contributed by atoms with Gasteiger partial charge in [0.25, 0.3) is 0 Å². The Labute approximate surface area is 100 Å². The zero-order chi connectivity index (χ0) is 11.7. The Morgan fingerprint density at radius 1 is 1.35 bits per heavy atom. The van der Waals surface area contributed by atoms with Gasteiger partial charge >= 0.3 is 0 Å². The molecule has 2 N–H and O–H groups in total. The summed E-state index contributed by atoms with van der Waals surface area (Å²) in [7, 11) is 0. The van der Waals surface area contributed by atoms with Gasteiger partial charge in [-0.3, -0.25) is 4.79 Å². The Balaban J connectivity index is 1.64. The van der Waals surface area contributed by atoms with E-state index in [-0.39, 0.29) is 17.9 Å². The molecule has 4 heteroatoms. The molecule has 0 aromatic heterocycles. The molecule has 17 heavy (non-hydrogen) atoms. The third-order valence-corrected chi connectivity index (χ3v) is 3.38. The van der Waals surface area contributed by atoms with Crippen LogP contribution in [0.2, 0.25) is 0 Å². The summed E-state index contributed by atoms with van der Waals surface area (Å²) < 4.78 is 5.05. The molecule has 0 saturated carbocycles. The number of hydrogen-bond donors (Lipinski definition) is 2. The fourth-order valence-electron chi connectivity index (χ4n) is 2.27. The highest BCUT2D eigenvalue weighted by atomic mass is 16.5. The molecule has 1 aromatic rings. The smallest absolute Gasteiger partial charge is 0.225 e. The number of benzene rings is 1. The molecule has 2 heterocycles. The van der Waals surface area contributed by atoms with E-state index in [1.54, 1.807) is 0 Å². The number of para-hydroxylation sites is 1. The van der Waals surface area contributed by atoms with Crippen LogP contribution >= 0.6 is 0 Å². The molecular weight excluding hydrogens is 216 g/mol. The molecule has 0 spiro atoms. The van der Waals surface area contributed by atoms with Crippen molar-refractivity contribution >= 4 is 11.6 Å². The van der Waals surface area contributed by atoms with Crippen LogP contribution in [0.3, 0.4) is 0 Å². The van der Waals surface area contributed by atoms with Gasteiger partial charge < -0.3 is 15.4 Å². The van der Waals surface area contributed by atoms with E-state index >= 15 is 0 Å². The highest BCUT2D eigenvalue weighted by molar-refractivity contribution is 5.81. The molecule has 1 aromatic carbocycles. The second kappa shape index (κ2) is 4.37. The molecule has 0 radical (unpaired) electrons. The zero-order valence-electron chi connectivity index (χ0n) is 9.61. The number of carbonyl (C=O) groups excluding carboxylic acids is 1. The van der Waals surface area contributed by atoms with Crippen molar-refractivity contribution in [3.63, 3.8) is 0 Å². The van der Waals surface area contributed by atoms with Crippen LogP contribution in [0, 0.1) is 5.92 Å². The summed E-state index contributed by atoms with van der Waals surface area (Å²) in [6.07, 6.45) is 0.822. The average molecular weight is 232 g/mol. The highest BCUT2D eigenvalue weighted by Gasteiger charge is 2.28. The maximum atomic E-state index is 12.0. The van der Waals surface area contributed by atoms with Crippen LogP contribution in [-0.4, -0.2) is 31.7 Å². The molecule has 2 aliphatic rings. The number of carbonyl (C=O) groups is 1. The first-order valence-corrected chi connectivity index (χ1v) is 6.03. The number of anilines is 1. The summed E-state index contributed by atoms with van der Waals surface area (Å²) in [5.41, 5.74) is 2.38. The van der Waals surface area contributed by atoms with E-state index in [1.165, 1.54) is 5.56 Å². The number of hydrogen-bond acceptors (Lipinski definition) is 3. The lowest BCUT2D eigenvalue weighted by Crippen LogP contribution is -2.51. The third-order valence-electron chi connectivity index (χ3n) is 3.38. The Bertz CT molecular complexity index is 429. The summed E-state index contributed by atoms with van der Waals surface area (Å²) >= 11 is 0. The maximum Gasteiger partial charge on any atom is 0.225 e. The lowest BCUT2D eigenvalue weighted by atomic mass is 9.93. The lowest BCUT2D eigenvalue weighted by molar-refractivity contribution is -0.128. The van der Waals surface area contributed by atoms with E-state index in [0.717, 1.165) is 18.7 Å². The molecule has 1 atom stereocenters. The number of rotatable bonds is 2. The molecule has 0 aliphatic carbocycles. The largest absolute Gasteiger partial charge is 0.384 e. The van der Waals surface area contributed by atoms with E-state index < -0.39 is 0 Å². The molecule has 1 amide bonds. The van der Waals surface area contributed by atoms with Crippen molar-refractivity contribution < 1.29 is 9.53 Å². The summed E-state index contributed by atoms with van der Waals surface area (Å²) in [5, 5.41) is 6.32. The Hall–Kier alpha value is -1.55. The fourth-order valence-corrected chi connectivity index (χ4v) is 2.27. The fraction of sp³-hybridized carbons (Fsp3) is 0.462. The van der Waals surface area contributed by atoms with Crippen molar-refractivity contribution in [2.24, 2.45) is 5.92 Å². The van der Waals surface area contributed by atoms with Crippen LogP contribution in [0.1, 0.15) is 5.56 Å². The van der Waals surface area contributed by atoms with E-state index in [2.05, 4.69) is 22.8 Å². The van der Waals surface area contributed by atoms with Gasteiger partial charge in [0.15, 0.2) is 0 Å². The van der Waals surface area contributed by atoms with Gasteiger partial charge in [-0.15, -0.1) is 0 Å². The lowest BCUT2D eigenvalue weighted by Gasteiger charge is -2.31. The van der Waals surface area contributed by atoms with Crippen molar-refractivity contribution in [2.75, 3.05) is 25.1 Å². The summed E-state index contributed by atoms with van der Waals surface area (Å²) in [6.45, 7) is 2.03. The van der Waals surface area contributed by atoms with E-state index in [0.29, 0.717) is 13.2 Å². The second-order valence-corrected chi connectivity index (χ2v) is 4.68. The minimum atomic E-state index is 0.0329. The number of amides is 1. The normalized spacial score (nSPS) is 23.2. The Kier molecular flexibility index (Phi) is 2.73. The number of ether oxygens (including phenoxy) is 1. The topological polar surface area (TPSA) is 50.4 Å². The van der Waals surface area contributed by atoms with Gasteiger partial charge in [-0.25, -0.2) is 0 Å². The number of fused-ring (bicyclic) bond motifs is 1. The SMILES string of the molecule is O=C(NC1COC1)C1CNc2ccccc2C1. The van der Waals surface area contributed by atoms with Crippen LogP contribution in [0.5, 0.6) is 0 Å². The van der Waals surface area contributed by atoms with Crippen LogP contribution in [-0.2, 0) is 16.0 Å². The summed E-state index contributed by atoms with van der Waals surface area (Å²) in [6, 6.07) is 8.38. The first-order valence-electron chi connectivity index (χ1n) is 6.03. The quantitative estimate of drug-likeness (QED) is 0.792. The van der Waals surface area contributed by atoms with Gasteiger partial charge in [0.05, 0.1) is 25.2 Å². The Morgan fingerprint density at radius 2 is 2.18 bits per heavy atom. The van der Waals surface area contributed by atoms with Gasteiger partial charge in [-0.1, -0.05) is 18.2 Å².